The second-order valence-corrected chi connectivity index (χ2v) is 6.45. The molecule has 0 unspecified atom stereocenters. The molecule has 1 N–H and O–H groups in total. The van der Waals surface area contributed by atoms with E-state index >= 15 is 0 Å². The largest absolute Gasteiger partial charge is 0.497 e. The first-order valence-electron chi connectivity index (χ1n) is 7.70. The number of aryl methyl sites for hydroxylation is 2. The molecule has 0 radical (unpaired) electrons. The number of methoxy groups -OCH3 is 1. The van der Waals surface area contributed by atoms with Crippen LogP contribution in [0.5, 0.6) is 5.75 Å². The average molecular weight is 342 g/mol. The number of nitrogens with zero attached hydrogens (tertiary/aromatic N) is 3. The van der Waals surface area contributed by atoms with Crippen molar-refractivity contribution in [3.63, 3.8) is 0 Å². The Morgan fingerprint density at radius 3 is 2.88 bits per heavy atom. The lowest BCUT2D eigenvalue weighted by molar-refractivity contribution is 0.102. The number of carbonyl (C=O) groups excluding carboxylic acids is 1. The first-order valence-corrected chi connectivity index (χ1v) is 8.51. The van der Waals surface area contributed by atoms with Gasteiger partial charge in [-0.15, -0.1) is 10.2 Å². The highest BCUT2D eigenvalue weighted by molar-refractivity contribution is 7.15. The summed E-state index contributed by atoms with van der Waals surface area (Å²) in [5.41, 5.74) is 1.98. The summed E-state index contributed by atoms with van der Waals surface area (Å²) in [6, 6.07) is 7.43. The summed E-state index contributed by atoms with van der Waals surface area (Å²) >= 11 is 1.40. The number of nitrogens with one attached hydrogen (secondary N) is 1. The zero-order valence-corrected chi connectivity index (χ0v) is 14.6. The quantitative estimate of drug-likeness (QED) is 0.766. The molecule has 2 aromatic heterocycles. The van der Waals surface area contributed by atoms with Crippen LogP contribution in [-0.2, 0) is 6.42 Å². The van der Waals surface area contributed by atoms with Crippen LogP contribution >= 0.6 is 11.3 Å². The third-order valence-corrected chi connectivity index (χ3v) is 4.51. The number of amides is 1. The summed E-state index contributed by atoms with van der Waals surface area (Å²) in [6.07, 6.45) is 1.87. The van der Waals surface area contributed by atoms with Gasteiger partial charge in [-0.1, -0.05) is 18.3 Å². The van der Waals surface area contributed by atoms with E-state index < -0.39 is 0 Å². The second-order valence-electron chi connectivity index (χ2n) is 5.39. The molecule has 0 atom stereocenters. The van der Waals surface area contributed by atoms with Crippen LogP contribution in [0.25, 0.3) is 10.9 Å². The normalized spacial score (nSPS) is 10.8. The molecule has 0 aliphatic rings. The van der Waals surface area contributed by atoms with Gasteiger partial charge in [-0.2, -0.15) is 0 Å². The predicted octanol–water partition coefficient (Wildman–Crippen LogP) is 3.61. The van der Waals surface area contributed by atoms with Crippen LogP contribution in [0.4, 0.5) is 5.13 Å². The molecular formula is C17H18N4O2S. The number of hydrogen-bond acceptors (Lipinski definition) is 6. The standard InChI is InChI=1S/C17H18N4O2S/c1-4-5-15-20-21-17(24-15)19-16(22)13-8-11-6-7-12(23-3)9-14(11)18-10(13)2/h6-9H,4-5H2,1-3H3,(H,19,21,22). The van der Waals surface area contributed by atoms with Crippen LogP contribution in [0.1, 0.15) is 34.4 Å². The summed E-state index contributed by atoms with van der Waals surface area (Å²) in [7, 11) is 1.62. The number of ether oxygens (including phenoxy) is 1. The molecular weight excluding hydrogens is 324 g/mol. The summed E-state index contributed by atoms with van der Waals surface area (Å²) < 4.78 is 5.21. The number of rotatable bonds is 5. The van der Waals surface area contributed by atoms with Gasteiger partial charge in [-0.3, -0.25) is 15.1 Å². The van der Waals surface area contributed by atoms with E-state index in [9.17, 15) is 4.79 Å². The number of pyridine rings is 1. The highest BCUT2D eigenvalue weighted by Crippen LogP contribution is 2.23. The Hall–Kier alpha value is -2.54. The predicted molar refractivity (Wildman–Crippen MR) is 94.9 cm³/mol. The molecule has 0 aliphatic carbocycles. The van der Waals surface area contributed by atoms with E-state index in [0.29, 0.717) is 16.4 Å². The van der Waals surface area contributed by atoms with E-state index in [0.717, 1.165) is 34.5 Å². The van der Waals surface area contributed by atoms with Gasteiger partial charge in [0.1, 0.15) is 10.8 Å². The summed E-state index contributed by atoms with van der Waals surface area (Å²) in [5.74, 6) is 0.515. The molecule has 0 saturated heterocycles. The van der Waals surface area contributed by atoms with Crippen LogP contribution in [-0.4, -0.2) is 28.2 Å². The van der Waals surface area contributed by atoms with Gasteiger partial charge in [0.15, 0.2) is 0 Å². The summed E-state index contributed by atoms with van der Waals surface area (Å²) in [4.78, 5) is 17.0. The third-order valence-electron chi connectivity index (χ3n) is 3.61. The van der Waals surface area contributed by atoms with Crippen molar-refractivity contribution < 1.29 is 9.53 Å². The van der Waals surface area contributed by atoms with Crippen LogP contribution in [0, 0.1) is 6.92 Å². The topological polar surface area (TPSA) is 77.0 Å². The lowest BCUT2D eigenvalue weighted by atomic mass is 10.1. The molecule has 0 aliphatic heterocycles. The third kappa shape index (κ3) is 3.35. The molecule has 6 nitrogen and oxygen atoms in total. The number of carbonyl (C=O) groups is 1. The summed E-state index contributed by atoms with van der Waals surface area (Å²) in [5, 5.41) is 13.2. The van der Waals surface area contributed by atoms with Crippen molar-refractivity contribution in [1.82, 2.24) is 15.2 Å². The van der Waals surface area contributed by atoms with Crippen molar-refractivity contribution in [1.29, 1.82) is 0 Å². The van der Waals surface area contributed by atoms with Crippen molar-refractivity contribution in [2.45, 2.75) is 26.7 Å². The van der Waals surface area contributed by atoms with Crippen molar-refractivity contribution in [2.75, 3.05) is 12.4 Å². The molecule has 3 aromatic rings. The van der Waals surface area contributed by atoms with Gasteiger partial charge in [0.25, 0.3) is 5.91 Å². The fraction of sp³-hybridized carbons (Fsp3) is 0.294. The van der Waals surface area contributed by atoms with E-state index in [1.54, 1.807) is 7.11 Å². The maximum absolute atomic E-state index is 12.5. The van der Waals surface area contributed by atoms with Crippen molar-refractivity contribution in [3.8, 4) is 5.75 Å². The highest BCUT2D eigenvalue weighted by Gasteiger charge is 2.14. The molecule has 0 saturated carbocycles. The zero-order chi connectivity index (χ0) is 17.1. The van der Waals surface area contributed by atoms with Gasteiger partial charge in [0.2, 0.25) is 5.13 Å². The Labute approximate surface area is 143 Å². The Kier molecular flexibility index (Phi) is 4.71. The first-order chi connectivity index (χ1) is 11.6. The molecule has 24 heavy (non-hydrogen) atoms. The molecule has 0 bridgehead atoms. The minimum Gasteiger partial charge on any atom is -0.497 e. The number of benzene rings is 1. The van der Waals surface area contributed by atoms with Crippen molar-refractivity contribution >= 4 is 33.3 Å². The minimum atomic E-state index is -0.225. The lowest BCUT2D eigenvalue weighted by Crippen LogP contribution is -2.14. The molecule has 1 amide bonds. The van der Waals surface area contributed by atoms with Crippen molar-refractivity contribution in [3.05, 3.63) is 40.5 Å². The van der Waals surface area contributed by atoms with Gasteiger partial charge in [-0.05, 0) is 31.5 Å². The second kappa shape index (κ2) is 6.92. The maximum atomic E-state index is 12.5. The number of fused-ring (bicyclic) bond motifs is 1. The fourth-order valence-electron chi connectivity index (χ4n) is 2.38. The molecule has 7 heteroatoms. The van der Waals surface area contributed by atoms with E-state index in [1.807, 2.05) is 31.2 Å². The molecule has 2 heterocycles. The van der Waals surface area contributed by atoms with Gasteiger partial charge < -0.3 is 4.74 Å². The fourth-order valence-corrected chi connectivity index (χ4v) is 3.22. The number of aromatic nitrogens is 3. The SMILES string of the molecule is CCCc1nnc(NC(=O)c2cc3ccc(OC)cc3nc2C)s1. The number of hydrogen-bond donors (Lipinski definition) is 1. The van der Waals surface area contributed by atoms with E-state index in [4.69, 9.17) is 4.74 Å². The van der Waals surface area contributed by atoms with Gasteiger partial charge in [-0.25, -0.2) is 0 Å². The van der Waals surface area contributed by atoms with E-state index in [2.05, 4.69) is 27.4 Å². The van der Waals surface area contributed by atoms with Crippen molar-refractivity contribution in [2.24, 2.45) is 0 Å². The van der Waals surface area contributed by atoms with Crippen LogP contribution in [0.15, 0.2) is 24.3 Å². The Balaban J connectivity index is 1.87. The van der Waals surface area contributed by atoms with Crippen LogP contribution in [0.3, 0.4) is 0 Å². The smallest absolute Gasteiger partial charge is 0.259 e. The van der Waals surface area contributed by atoms with Crippen LogP contribution < -0.4 is 10.1 Å². The van der Waals surface area contributed by atoms with E-state index in [1.165, 1.54) is 11.3 Å². The highest BCUT2D eigenvalue weighted by atomic mass is 32.1. The summed E-state index contributed by atoms with van der Waals surface area (Å²) in [6.45, 7) is 3.90. The van der Waals surface area contributed by atoms with Gasteiger partial charge >= 0.3 is 0 Å². The molecule has 3 rings (SSSR count). The Morgan fingerprint density at radius 2 is 2.12 bits per heavy atom. The molecule has 0 fully saturated rings. The average Bonchev–Trinajstić information content (AvgIpc) is 3.01. The monoisotopic (exact) mass is 342 g/mol. The first kappa shape index (κ1) is 16.3. The van der Waals surface area contributed by atoms with Gasteiger partial charge in [0, 0.05) is 17.9 Å². The number of anilines is 1. The Morgan fingerprint density at radius 1 is 1.29 bits per heavy atom. The lowest BCUT2D eigenvalue weighted by Gasteiger charge is -2.08. The van der Waals surface area contributed by atoms with Crippen LogP contribution in [0.2, 0.25) is 0 Å². The molecule has 124 valence electrons. The minimum absolute atomic E-state index is 0.225. The molecule has 0 spiro atoms. The maximum Gasteiger partial charge on any atom is 0.259 e. The van der Waals surface area contributed by atoms with Gasteiger partial charge in [0.05, 0.1) is 23.9 Å². The Bertz CT molecular complexity index is 891. The van der Waals surface area contributed by atoms with E-state index in [-0.39, 0.29) is 5.91 Å². The zero-order valence-electron chi connectivity index (χ0n) is 13.8. The molecule has 1 aromatic carbocycles.